The van der Waals surface area contributed by atoms with Crippen molar-refractivity contribution >= 4 is 5.91 Å². The zero-order valence-corrected chi connectivity index (χ0v) is 17.1. The minimum atomic E-state index is -1.55. The highest BCUT2D eigenvalue weighted by atomic mass is 16.6. The highest BCUT2D eigenvalue weighted by molar-refractivity contribution is 5.98. The maximum Gasteiger partial charge on any atom is 0.251 e. The molecule has 4 rings (SSSR count). The second-order valence-corrected chi connectivity index (χ2v) is 8.19. The number of aliphatic hydroxyl groups is 5. The number of carbonyl (C=O) groups is 1. The van der Waals surface area contributed by atoms with Gasteiger partial charge in [0.05, 0.1) is 6.61 Å². The number of fused-ring (bicyclic) bond motifs is 1. The molecule has 0 aromatic heterocycles. The second-order valence-electron chi connectivity index (χ2n) is 8.19. The van der Waals surface area contributed by atoms with E-state index >= 15 is 0 Å². The van der Waals surface area contributed by atoms with Gasteiger partial charge in [-0.05, 0) is 47.2 Å². The molecule has 2 aromatic carbocycles. The van der Waals surface area contributed by atoms with Crippen LogP contribution in [0.2, 0.25) is 0 Å². The van der Waals surface area contributed by atoms with Crippen molar-refractivity contribution in [3.8, 4) is 11.1 Å². The molecule has 2 heterocycles. The van der Waals surface area contributed by atoms with E-state index in [1.54, 1.807) is 19.1 Å². The topological polar surface area (TPSA) is 139 Å². The Kier molecular flexibility index (Phi) is 6.11. The summed E-state index contributed by atoms with van der Waals surface area (Å²) in [5, 5.41) is 53.3. The van der Waals surface area contributed by atoms with Crippen LogP contribution in [0.4, 0.5) is 0 Å². The molecule has 166 valence electrons. The quantitative estimate of drug-likeness (QED) is 0.396. The van der Waals surface area contributed by atoms with Gasteiger partial charge in [0.2, 0.25) is 0 Å². The lowest BCUT2D eigenvalue weighted by atomic mass is 9.87. The van der Waals surface area contributed by atoms with Crippen molar-refractivity contribution in [3.63, 3.8) is 0 Å². The van der Waals surface area contributed by atoms with Crippen molar-refractivity contribution in [3.05, 3.63) is 58.7 Å². The Morgan fingerprint density at radius 3 is 2.48 bits per heavy atom. The van der Waals surface area contributed by atoms with Crippen molar-refractivity contribution in [1.29, 1.82) is 0 Å². The minimum absolute atomic E-state index is 0.0884. The van der Waals surface area contributed by atoms with Crippen molar-refractivity contribution in [2.75, 3.05) is 13.2 Å². The van der Waals surface area contributed by atoms with Crippen LogP contribution in [0.5, 0.6) is 0 Å². The molecule has 0 bridgehead atoms. The molecule has 0 spiro atoms. The Labute approximate surface area is 179 Å². The molecule has 0 aliphatic carbocycles. The molecular weight excluding hydrogens is 402 g/mol. The van der Waals surface area contributed by atoms with E-state index in [-0.39, 0.29) is 5.91 Å². The molecule has 1 amide bonds. The normalized spacial score (nSPS) is 29.2. The Morgan fingerprint density at radius 2 is 1.77 bits per heavy atom. The molecule has 2 aromatic rings. The van der Waals surface area contributed by atoms with Crippen LogP contribution in [-0.4, -0.2) is 75.1 Å². The summed E-state index contributed by atoms with van der Waals surface area (Å²) in [4.78, 5) is 12.1. The summed E-state index contributed by atoms with van der Waals surface area (Å²) >= 11 is 0. The first-order valence-electron chi connectivity index (χ1n) is 10.3. The molecule has 2 aliphatic heterocycles. The second kappa shape index (κ2) is 8.66. The van der Waals surface area contributed by atoms with Crippen LogP contribution in [0.15, 0.2) is 36.4 Å². The largest absolute Gasteiger partial charge is 0.394 e. The van der Waals surface area contributed by atoms with Crippen LogP contribution in [0.3, 0.4) is 0 Å². The molecule has 1 fully saturated rings. The first-order valence-corrected chi connectivity index (χ1v) is 10.3. The first kappa shape index (κ1) is 21.9. The highest BCUT2D eigenvalue weighted by Crippen LogP contribution is 2.33. The average molecular weight is 429 g/mol. The Hall–Kier alpha value is -2.33. The van der Waals surface area contributed by atoms with Crippen LogP contribution in [0, 0.1) is 6.92 Å². The average Bonchev–Trinajstić information content (AvgIpc) is 2.77. The fourth-order valence-electron chi connectivity index (χ4n) is 4.35. The molecule has 1 saturated heterocycles. The number of amides is 1. The van der Waals surface area contributed by atoms with Crippen LogP contribution in [0.1, 0.15) is 33.2 Å². The van der Waals surface area contributed by atoms with Crippen molar-refractivity contribution < 1.29 is 35.1 Å². The van der Waals surface area contributed by atoms with Crippen LogP contribution >= 0.6 is 0 Å². The van der Waals surface area contributed by atoms with Gasteiger partial charge >= 0.3 is 0 Å². The van der Waals surface area contributed by atoms with Crippen LogP contribution in [0.25, 0.3) is 11.1 Å². The smallest absolute Gasteiger partial charge is 0.251 e. The van der Waals surface area contributed by atoms with E-state index < -0.39 is 43.2 Å². The monoisotopic (exact) mass is 429 g/mol. The fraction of sp³-hybridized carbons (Fsp3) is 0.435. The summed E-state index contributed by atoms with van der Waals surface area (Å²) in [6.45, 7) is 1.88. The van der Waals surface area contributed by atoms with E-state index in [1.165, 1.54) is 0 Å². The molecule has 8 nitrogen and oxygen atoms in total. The molecule has 0 radical (unpaired) electrons. The molecule has 2 unspecified atom stereocenters. The standard InChI is InChI=1S/C23H27NO7/c1-11-8-13(14-3-2-12-6-7-24-23(30)16(12)9-14)4-5-15(11)18(26)22-21(29)20(28)19(27)17(10-25)31-22/h2-5,8-9,17-22,25-29H,6-7,10H2,1H3,(H,24,30)/t17?,18-,19-,20+,21?,22-/m1/s1. The van der Waals surface area contributed by atoms with Gasteiger partial charge in [-0.15, -0.1) is 0 Å². The zero-order valence-electron chi connectivity index (χ0n) is 17.1. The lowest BCUT2D eigenvalue weighted by Crippen LogP contribution is -2.59. The molecule has 2 aliphatic rings. The van der Waals surface area contributed by atoms with Gasteiger partial charge in [0.25, 0.3) is 5.91 Å². The summed E-state index contributed by atoms with van der Waals surface area (Å²) in [6, 6.07) is 11.1. The molecule has 0 saturated carbocycles. The van der Waals surface area contributed by atoms with E-state index in [2.05, 4.69) is 5.32 Å². The summed E-state index contributed by atoms with van der Waals surface area (Å²) in [5.41, 5.74) is 4.62. The predicted octanol–water partition coefficient (Wildman–Crippen LogP) is -0.176. The van der Waals surface area contributed by atoms with Crippen molar-refractivity contribution in [2.24, 2.45) is 0 Å². The first-order chi connectivity index (χ1) is 14.8. The Morgan fingerprint density at radius 1 is 1.06 bits per heavy atom. The van der Waals surface area contributed by atoms with Gasteiger partial charge in [0, 0.05) is 12.1 Å². The minimum Gasteiger partial charge on any atom is -0.394 e. The number of hydrogen-bond acceptors (Lipinski definition) is 7. The SMILES string of the molecule is Cc1cc(-c2ccc3c(c2)C(=O)NCC3)ccc1[C@@H](O)[C@H]1OC(CO)[C@@H](O)[C@H](O)C1O. The van der Waals surface area contributed by atoms with Gasteiger partial charge in [0.15, 0.2) is 0 Å². The van der Waals surface area contributed by atoms with E-state index in [1.807, 2.05) is 24.3 Å². The van der Waals surface area contributed by atoms with Gasteiger partial charge in [-0.25, -0.2) is 0 Å². The van der Waals surface area contributed by atoms with Crippen LogP contribution < -0.4 is 5.32 Å². The molecule has 31 heavy (non-hydrogen) atoms. The number of aliphatic hydroxyl groups excluding tert-OH is 5. The van der Waals surface area contributed by atoms with Crippen molar-refractivity contribution in [2.45, 2.75) is 50.0 Å². The predicted molar refractivity (Wildman–Crippen MR) is 111 cm³/mol. The fourth-order valence-corrected chi connectivity index (χ4v) is 4.35. The van der Waals surface area contributed by atoms with E-state index in [0.29, 0.717) is 17.7 Å². The van der Waals surface area contributed by atoms with Crippen molar-refractivity contribution in [1.82, 2.24) is 5.32 Å². The number of benzene rings is 2. The molecule has 6 atom stereocenters. The van der Waals surface area contributed by atoms with Gasteiger partial charge in [-0.2, -0.15) is 0 Å². The van der Waals surface area contributed by atoms with E-state index in [4.69, 9.17) is 4.74 Å². The number of ether oxygens (including phenoxy) is 1. The third kappa shape index (κ3) is 3.98. The summed E-state index contributed by atoms with van der Waals surface area (Å²) in [7, 11) is 0. The molecule has 8 heteroatoms. The van der Waals surface area contributed by atoms with Gasteiger partial charge in [-0.3, -0.25) is 4.79 Å². The summed E-state index contributed by atoms with van der Waals surface area (Å²) < 4.78 is 5.49. The maximum absolute atomic E-state index is 12.1. The third-order valence-electron chi connectivity index (χ3n) is 6.20. The number of hydrogen-bond donors (Lipinski definition) is 6. The summed E-state index contributed by atoms with van der Waals surface area (Å²) in [5.74, 6) is -0.0884. The lowest BCUT2D eigenvalue weighted by molar-refractivity contribution is -0.250. The van der Waals surface area contributed by atoms with E-state index in [0.717, 1.165) is 28.7 Å². The third-order valence-corrected chi connectivity index (χ3v) is 6.20. The molecule has 6 N–H and O–H groups in total. The lowest BCUT2D eigenvalue weighted by Gasteiger charge is -2.42. The van der Waals surface area contributed by atoms with Crippen LogP contribution in [-0.2, 0) is 11.2 Å². The highest BCUT2D eigenvalue weighted by Gasteiger charge is 2.46. The Balaban J connectivity index is 1.60. The summed E-state index contributed by atoms with van der Waals surface area (Å²) in [6.07, 6.45) is -7.34. The van der Waals surface area contributed by atoms with Gasteiger partial charge in [-0.1, -0.05) is 30.3 Å². The number of carbonyl (C=O) groups excluding carboxylic acids is 1. The van der Waals surface area contributed by atoms with Gasteiger partial charge in [0.1, 0.15) is 36.6 Å². The number of nitrogens with one attached hydrogen (secondary N) is 1. The van der Waals surface area contributed by atoms with E-state index in [9.17, 15) is 30.3 Å². The maximum atomic E-state index is 12.1. The zero-order chi connectivity index (χ0) is 22.3. The molecular formula is C23H27NO7. The number of rotatable bonds is 4. The van der Waals surface area contributed by atoms with Gasteiger partial charge < -0.3 is 35.6 Å². The number of aryl methyl sites for hydroxylation is 1. The Bertz CT molecular complexity index is 976.